The van der Waals surface area contributed by atoms with Gasteiger partial charge in [0.15, 0.2) is 0 Å². The summed E-state index contributed by atoms with van der Waals surface area (Å²) in [5, 5.41) is 10.9. The lowest BCUT2D eigenvalue weighted by Gasteiger charge is -2.09. The topological polar surface area (TPSA) is 115 Å². The Bertz CT molecular complexity index is 774. The van der Waals surface area contributed by atoms with E-state index in [1.54, 1.807) is 18.2 Å². The average molecular weight is 307 g/mol. The molecule has 0 saturated carbocycles. The molecular formula is C13H13N3O4S. The lowest BCUT2D eigenvalue weighted by atomic mass is 10.2. The summed E-state index contributed by atoms with van der Waals surface area (Å²) in [6.45, 7) is -0.187. The van der Waals surface area contributed by atoms with Crippen LogP contribution < -0.4 is 10.5 Å². The Labute approximate surface area is 121 Å². The van der Waals surface area contributed by atoms with Crippen molar-refractivity contribution in [3.05, 3.63) is 64.2 Å². The largest absolute Gasteiger partial charge is 0.398 e. The Morgan fingerprint density at radius 3 is 2.38 bits per heavy atom. The molecule has 2 aromatic carbocycles. The van der Waals surface area contributed by atoms with Crippen molar-refractivity contribution < 1.29 is 13.3 Å². The number of nitrogens with one attached hydrogen (secondary N) is 1. The van der Waals surface area contributed by atoms with Gasteiger partial charge in [0.05, 0.1) is 10.6 Å². The summed E-state index contributed by atoms with van der Waals surface area (Å²) in [4.78, 5) is 10.3. The maximum Gasteiger partial charge on any atom is 0.273 e. The minimum Gasteiger partial charge on any atom is -0.398 e. The van der Waals surface area contributed by atoms with E-state index in [-0.39, 0.29) is 28.4 Å². The van der Waals surface area contributed by atoms with Crippen LogP contribution in [-0.2, 0) is 16.6 Å². The fourth-order valence-corrected chi connectivity index (χ4v) is 2.95. The molecule has 0 unspecified atom stereocenters. The summed E-state index contributed by atoms with van der Waals surface area (Å²) >= 11 is 0. The number of benzene rings is 2. The van der Waals surface area contributed by atoms with Gasteiger partial charge < -0.3 is 5.73 Å². The SMILES string of the molecule is Nc1ccccc1S(=O)(=O)NCc1ccccc1[N+](=O)[O-]. The van der Waals surface area contributed by atoms with Gasteiger partial charge in [0.2, 0.25) is 10.0 Å². The average Bonchev–Trinajstić information content (AvgIpc) is 2.45. The second-order valence-electron chi connectivity index (χ2n) is 4.25. The van der Waals surface area contributed by atoms with E-state index < -0.39 is 14.9 Å². The van der Waals surface area contributed by atoms with E-state index >= 15 is 0 Å². The van der Waals surface area contributed by atoms with Crippen molar-refractivity contribution in [3.63, 3.8) is 0 Å². The zero-order chi connectivity index (χ0) is 15.5. The molecule has 0 aliphatic heterocycles. The van der Waals surface area contributed by atoms with Crippen LogP contribution in [0.25, 0.3) is 0 Å². The van der Waals surface area contributed by atoms with Crippen LogP contribution in [0.4, 0.5) is 11.4 Å². The molecular weight excluding hydrogens is 294 g/mol. The number of anilines is 1. The molecule has 0 heterocycles. The quantitative estimate of drug-likeness (QED) is 0.495. The summed E-state index contributed by atoms with van der Waals surface area (Å²) < 4.78 is 26.6. The van der Waals surface area contributed by atoms with Crippen LogP contribution in [0, 0.1) is 10.1 Å². The molecule has 0 amide bonds. The molecule has 0 spiro atoms. The molecule has 0 bridgehead atoms. The fourth-order valence-electron chi connectivity index (χ4n) is 1.81. The Morgan fingerprint density at radius 1 is 1.10 bits per heavy atom. The van der Waals surface area contributed by atoms with Crippen molar-refractivity contribution in [2.45, 2.75) is 11.4 Å². The molecule has 21 heavy (non-hydrogen) atoms. The lowest BCUT2D eigenvalue weighted by Crippen LogP contribution is -2.24. The number of hydrogen-bond donors (Lipinski definition) is 2. The van der Waals surface area contributed by atoms with E-state index in [2.05, 4.69) is 4.72 Å². The van der Waals surface area contributed by atoms with Gasteiger partial charge in [-0.05, 0) is 12.1 Å². The summed E-state index contributed by atoms with van der Waals surface area (Å²) in [5.41, 5.74) is 5.89. The van der Waals surface area contributed by atoms with Gasteiger partial charge in [0, 0.05) is 18.2 Å². The molecule has 0 saturated heterocycles. The third kappa shape index (κ3) is 3.36. The highest BCUT2D eigenvalue weighted by molar-refractivity contribution is 7.89. The van der Waals surface area contributed by atoms with E-state index in [1.807, 2.05) is 0 Å². The summed E-state index contributed by atoms with van der Waals surface area (Å²) in [7, 11) is -3.83. The molecule has 0 radical (unpaired) electrons. The van der Waals surface area contributed by atoms with Crippen molar-refractivity contribution in [2.24, 2.45) is 0 Å². The Morgan fingerprint density at radius 2 is 1.71 bits per heavy atom. The third-order valence-corrected chi connectivity index (χ3v) is 4.32. The minimum absolute atomic E-state index is 0.0522. The molecule has 0 aliphatic rings. The molecule has 0 atom stereocenters. The van der Waals surface area contributed by atoms with Crippen molar-refractivity contribution in [1.82, 2.24) is 4.72 Å². The first kappa shape index (κ1) is 14.9. The second-order valence-corrected chi connectivity index (χ2v) is 5.98. The first-order valence-corrected chi connectivity index (χ1v) is 7.46. The van der Waals surface area contributed by atoms with Gasteiger partial charge in [0.1, 0.15) is 4.90 Å². The van der Waals surface area contributed by atoms with E-state index in [1.165, 1.54) is 30.3 Å². The Balaban J connectivity index is 2.24. The molecule has 110 valence electrons. The number of nitro benzene ring substituents is 1. The maximum absolute atomic E-state index is 12.1. The van der Waals surface area contributed by atoms with Crippen LogP contribution in [0.2, 0.25) is 0 Å². The molecule has 0 aliphatic carbocycles. The molecule has 3 N–H and O–H groups in total. The predicted molar refractivity (Wildman–Crippen MR) is 78.0 cm³/mol. The molecule has 0 fully saturated rings. The summed E-state index contributed by atoms with van der Waals surface area (Å²) in [5.74, 6) is 0. The van der Waals surface area contributed by atoms with E-state index in [9.17, 15) is 18.5 Å². The van der Waals surface area contributed by atoms with Gasteiger partial charge >= 0.3 is 0 Å². The fraction of sp³-hybridized carbons (Fsp3) is 0.0769. The highest BCUT2D eigenvalue weighted by Crippen LogP contribution is 2.20. The Hall–Kier alpha value is -2.45. The van der Waals surface area contributed by atoms with E-state index in [0.717, 1.165) is 0 Å². The van der Waals surface area contributed by atoms with Gasteiger partial charge in [-0.25, -0.2) is 13.1 Å². The zero-order valence-electron chi connectivity index (χ0n) is 10.9. The van der Waals surface area contributed by atoms with Gasteiger partial charge in [-0.15, -0.1) is 0 Å². The minimum atomic E-state index is -3.83. The predicted octanol–water partition coefficient (Wildman–Crippen LogP) is 1.66. The zero-order valence-corrected chi connectivity index (χ0v) is 11.7. The monoisotopic (exact) mass is 307 g/mol. The van der Waals surface area contributed by atoms with Crippen LogP contribution in [0.5, 0.6) is 0 Å². The standard InChI is InChI=1S/C13H13N3O4S/c14-11-6-2-4-8-13(11)21(19,20)15-9-10-5-1-3-7-12(10)16(17)18/h1-8,15H,9,14H2. The second kappa shape index (κ2) is 5.90. The number of para-hydroxylation sites is 2. The van der Waals surface area contributed by atoms with Crippen molar-refractivity contribution in [3.8, 4) is 0 Å². The van der Waals surface area contributed by atoms with Crippen LogP contribution in [0.15, 0.2) is 53.4 Å². The highest BCUT2D eigenvalue weighted by Gasteiger charge is 2.19. The summed E-state index contributed by atoms with van der Waals surface area (Å²) in [6.07, 6.45) is 0. The first-order valence-electron chi connectivity index (χ1n) is 5.98. The number of rotatable bonds is 5. The van der Waals surface area contributed by atoms with Crippen LogP contribution >= 0.6 is 0 Å². The number of nitrogens with zero attached hydrogens (tertiary/aromatic N) is 1. The number of nitrogens with two attached hydrogens (primary N) is 1. The first-order chi connectivity index (χ1) is 9.92. The van der Waals surface area contributed by atoms with Crippen molar-refractivity contribution in [2.75, 3.05) is 5.73 Å². The number of hydrogen-bond acceptors (Lipinski definition) is 5. The van der Waals surface area contributed by atoms with Gasteiger partial charge in [-0.2, -0.15) is 0 Å². The van der Waals surface area contributed by atoms with Crippen LogP contribution in [-0.4, -0.2) is 13.3 Å². The molecule has 7 nitrogen and oxygen atoms in total. The van der Waals surface area contributed by atoms with Crippen molar-refractivity contribution >= 4 is 21.4 Å². The number of nitro groups is 1. The lowest BCUT2D eigenvalue weighted by molar-refractivity contribution is -0.385. The van der Waals surface area contributed by atoms with Crippen molar-refractivity contribution in [1.29, 1.82) is 0 Å². The van der Waals surface area contributed by atoms with Crippen LogP contribution in [0.3, 0.4) is 0 Å². The van der Waals surface area contributed by atoms with Gasteiger partial charge in [-0.3, -0.25) is 10.1 Å². The Kier molecular flexibility index (Phi) is 4.20. The van der Waals surface area contributed by atoms with E-state index in [0.29, 0.717) is 0 Å². The number of nitrogen functional groups attached to an aromatic ring is 1. The molecule has 8 heteroatoms. The van der Waals surface area contributed by atoms with E-state index in [4.69, 9.17) is 5.73 Å². The third-order valence-electron chi connectivity index (χ3n) is 2.85. The normalized spacial score (nSPS) is 11.2. The van der Waals surface area contributed by atoms with Gasteiger partial charge in [0.25, 0.3) is 5.69 Å². The highest BCUT2D eigenvalue weighted by atomic mass is 32.2. The molecule has 2 aromatic rings. The van der Waals surface area contributed by atoms with Gasteiger partial charge in [-0.1, -0.05) is 30.3 Å². The smallest absolute Gasteiger partial charge is 0.273 e. The molecule has 0 aromatic heterocycles. The number of sulfonamides is 1. The molecule has 2 rings (SSSR count). The maximum atomic E-state index is 12.1. The van der Waals surface area contributed by atoms with Crippen LogP contribution in [0.1, 0.15) is 5.56 Å². The summed E-state index contributed by atoms with van der Waals surface area (Å²) in [6, 6.07) is 12.0.